The summed E-state index contributed by atoms with van der Waals surface area (Å²) in [4.78, 5) is 24.5. The molecule has 0 saturated carbocycles. The van der Waals surface area contributed by atoms with Crippen molar-refractivity contribution >= 4 is 11.9 Å². The molecule has 384 valence electrons. The SMILES string of the molecule is CCCCCCCCC/C=C\CCCCCCCC(=O)OCCCCCCCCCCCC/C=C\CCCCCCCCCC(=O)NC(CO)C(O)CCCCCCCCCCCCC. The predicted octanol–water partition coefficient (Wildman–Crippen LogP) is 17.9. The van der Waals surface area contributed by atoms with Crippen molar-refractivity contribution in [3.05, 3.63) is 24.3 Å². The van der Waals surface area contributed by atoms with E-state index in [1.54, 1.807) is 0 Å². The molecule has 0 aliphatic rings. The Morgan fingerprint density at radius 3 is 1.09 bits per heavy atom. The van der Waals surface area contributed by atoms with Crippen LogP contribution in [0.15, 0.2) is 24.3 Å². The lowest BCUT2D eigenvalue weighted by atomic mass is 10.0. The van der Waals surface area contributed by atoms with Gasteiger partial charge < -0.3 is 20.3 Å². The Morgan fingerprint density at radius 1 is 0.415 bits per heavy atom. The maximum Gasteiger partial charge on any atom is 0.305 e. The molecule has 0 aromatic rings. The highest BCUT2D eigenvalue weighted by Gasteiger charge is 2.20. The Bertz CT molecular complexity index is 1010. The molecule has 0 aromatic heterocycles. The fraction of sp³-hybridized carbons (Fsp3) is 0.898. The first-order chi connectivity index (χ1) is 32.0. The summed E-state index contributed by atoms with van der Waals surface area (Å²) < 4.78 is 5.48. The van der Waals surface area contributed by atoms with Gasteiger partial charge in [0.1, 0.15) is 0 Å². The number of allylic oxidation sites excluding steroid dienone is 4. The highest BCUT2D eigenvalue weighted by molar-refractivity contribution is 5.76. The van der Waals surface area contributed by atoms with Crippen molar-refractivity contribution in [2.24, 2.45) is 0 Å². The number of nitrogens with one attached hydrogen (secondary N) is 1. The van der Waals surface area contributed by atoms with Crippen LogP contribution in [0.5, 0.6) is 0 Å². The number of carbonyl (C=O) groups excluding carboxylic acids is 2. The molecular formula is C59H113NO5. The van der Waals surface area contributed by atoms with Crippen LogP contribution >= 0.6 is 0 Å². The maximum atomic E-state index is 12.4. The highest BCUT2D eigenvalue weighted by Crippen LogP contribution is 2.17. The van der Waals surface area contributed by atoms with Gasteiger partial charge in [-0.2, -0.15) is 0 Å². The Kier molecular flexibility index (Phi) is 53.5. The standard InChI is InChI=1S/C59H113NO5/c1-3-5-7-9-11-13-15-16-17-26-29-33-37-41-45-49-53-59(64)65-54-50-46-42-38-34-30-27-24-22-20-18-19-21-23-25-28-32-36-40-44-48-52-58(63)60-56(55-61)57(62)51-47-43-39-35-31-14-12-10-8-6-4-2/h17,19,21,26,56-57,61-62H,3-16,18,20,22-25,27-55H2,1-2H3,(H,60,63)/b21-19-,26-17-. The molecule has 65 heavy (non-hydrogen) atoms. The zero-order chi connectivity index (χ0) is 47.2. The van der Waals surface area contributed by atoms with Crippen molar-refractivity contribution in [2.75, 3.05) is 13.2 Å². The zero-order valence-corrected chi connectivity index (χ0v) is 43.7. The lowest BCUT2D eigenvalue weighted by Crippen LogP contribution is -2.45. The smallest absolute Gasteiger partial charge is 0.305 e. The van der Waals surface area contributed by atoms with E-state index in [-0.39, 0.29) is 18.5 Å². The fourth-order valence-electron chi connectivity index (χ4n) is 8.98. The minimum Gasteiger partial charge on any atom is -0.466 e. The molecule has 0 aliphatic carbocycles. The number of aliphatic hydroxyl groups is 2. The van der Waals surface area contributed by atoms with Gasteiger partial charge in [0.2, 0.25) is 5.91 Å². The summed E-state index contributed by atoms with van der Waals surface area (Å²) in [5.74, 6) is -0.0426. The summed E-state index contributed by atoms with van der Waals surface area (Å²) in [6, 6.07) is -0.545. The molecule has 2 unspecified atom stereocenters. The van der Waals surface area contributed by atoms with Gasteiger partial charge in [-0.05, 0) is 77.0 Å². The molecule has 3 N–H and O–H groups in total. The first-order valence-corrected chi connectivity index (χ1v) is 29.1. The second kappa shape index (κ2) is 54.9. The Balaban J connectivity index is 3.40. The molecule has 0 aliphatic heterocycles. The normalized spacial score (nSPS) is 12.7. The summed E-state index contributed by atoms with van der Waals surface area (Å²) in [5, 5.41) is 23.2. The third-order valence-electron chi connectivity index (χ3n) is 13.5. The average molecular weight is 917 g/mol. The van der Waals surface area contributed by atoms with Crippen LogP contribution in [-0.2, 0) is 14.3 Å². The van der Waals surface area contributed by atoms with Gasteiger partial charge in [0.25, 0.3) is 0 Å². The molecule has 0 fully saturated rings. The molecule has 0 saturated heterocycles. The fourth-order valence-corrected chi connectivity index (χ4v) is 8.98. The average Bonchev–Trinajstić information content (AvgIpc) is 3.31. The third-order valence-corrected chi connectivity index (χ3v) is 13.5. The lowest BCUT2D eigenvalue weighted by molar-refractivity contribution is -0.143. The number of aliphatic hydroxyl groups excluding tert-OH is 2. The lowest BCUT2D eigenvalue weighted by Gasteiger charge is -2.22. The Labute approximate surface area is 405 Å². The van der Waals surface area contributed by atoms with E-state index in [2.05, 4.69) is 43.5 Å². The number of carbonyl (C=O) groups is 2. The number of ether oxygens (including phenoxy) is 1. The van der Waals surface area contributed by atoms with E-state index < -0.39 is 12.1 Å². The number of hydrogen-bond donors (Lipinski definition) is 3. The summed E-state index contributed by atoms with van der Waals surface area (Å²) in [7, 11) is 0. The monoisotopic (exact) mass is 916 g/mol. The molecule has 0 spiro atoms. The van der Waals surface area contributed by atoms with Crippen molar-refractivity contribution in [1.29, 1.82) is 0 Å². The molecule has 2 atom stereocenters. The van der Waals surface area contributed by atoms with Gasteiger partial charge in [0, 0.05) is 12.8 Å². The number of hydrogen-bond acceptors (Lipinski definition) is 5. The van der Waals surface area contributed by atoms with E-state index in [4.69, 9.17) is 4.74 Å². The van der Waals surface area contributed by atoms with E-state index in [0.717, 1.165) is 44.9 Å². The van der Waals surface area contributed by atoms with Gasteiger partial charge in [-0.15, -0.1) is 0 Å². The number of amides is 1. The molecule has 0 rings (SSSR count). The zero-order valence-electron chi connectivity index (χ0n) is 43.7. The highest BCUT2D eigenvalue weighted by atomic mass is 16.5. The molecule has 6 heteroatoms. The van der Waals surface area contributed by atoms with Crippen LogP contribution in [0.25, 0.3) is 0 Å². The summed E-state index contributed by atoms with van der Waals surface area (Å²) >= 11 is 0. The summed E-state index contributed by atoms with van der Waals surface area (Å²) in [5.41, 5.74) is 0. The van der Waals surface area contributed by atoms with Crippen molar-refractivity contribution in [1.82, 2.24) is 5.32 Å². The quantitative estimate of drug-likeness (QED) is 0.0321. The number of rotatable bonds is 54. The van der Waals surface area contributed by atoms with E-state index in [0.29, 0.717) is 25.9 Å². The van der Waals surface area contributed by atoms with Gasteiger partial charge in [-0.3, -0.25) is 9.59 Å². The first kappa shape index (κ1) is 63.3. The minimum atomic E-state index is -0.667. The summed E-state index contributed by atoms with van der Waals surface area (Å²) in [6.07, 6.45) is 66.0. The minimum absolute atomic E-state index is 0.000873. The topological polar surface area (TPSA) is 95.9 Å². The van der Waals surface area contributed by atoms with Crippen LogP contribution in [0.2, 0.25) is 0 Å². The number of unbranched alkanes of at least 4 members (excludes halogenated alkanes) is 39. The van der Waals surface area contributed by atoms with Gasteiger partial charge in [-0.25, -0.2) is 0 Å². The maximum absolute atomic E-state index is 12.4. The van der Waals surface area contributed by atoms with E-state index in [9.17, 15) is 19.8 Å². The van der Waals surface area contributed by atoms with Gasteiger partial charge in [0.15, 0.2) is 0 Å². The second-order valence-electron chi connectivity index (χ2n) is 20.0. The Hall–Kier alpha value is -1.66. The van der Waals surface area contributed by atoms with Gasteiger partial charge in [0.05, 0.1) is 25.4 Å². The van der Waals surface area contributed by atoms with E-state index in [1.165, 1.54) is 238 Å². The van der Waals surface area contributed by atoms with Crippen molar-refractivity contribution in [3.8, 4) is 0 Å². The second-order valence-corrected chi connectivity index (χ2v) is 20.0. The Morgan fingerprint density at radius 2 is 0.723 bits per heavy atom. The van der Waals surface area contributed by atoms with Crippen LogP contribution in [0.3, 0.4) is 0 Å². The molecule has 0 aromatic carbocycles. The molecule has 0 bridgehead atoms. The molecule has 0 heterocycles. The number of esters is 1. The first-order valence-electron chi connectivity index (χ1n) is 29.1. The molecule has 1 amide bonds. The van der Waals surface area contributed by atoms with Gasteiger partial charge in [-0.1, -0.05) is 250 Å². The van der Waals surface area contributed by atoms with Crippen LogP contribution in [0.4, 0.5) is 0 Å². The molecular weight excluding hydrogens is 803 g/mol. The van der Waals surface area contributed by atoms with Crippen molar-refractivity contribution < 1.29 is 24.5 Å². The summed E-state index contributed by atoms with van der Waals surface area (Å²) in [6.45, 7) is 4.94. The molecule has 6 nitrogen and oxygen atoms in total. The van der Waals surface area contributed by atoms with E-state index >= 15 is 0 Å². The largest absolute Gasteiger partial charge is 0.466 e. The van der Waals surface area contributed by atoms with Crippen LogP contribution < -0.4 is 5.32 Å². The van der Waals surface area contributed by atoms with Crippen LogP contribution in [0, 0.1) is 0 Å². The van der Waals surface area contributed by atoms with Crippen LogP contribution in [-0.4, -0.2) is 47.4 Å². The molecule has 0 radical (unpaired) electrons. The van der Waals surface area contributed by atoms with Crippen molar-refractivity contribution in [3.63, 3.8) is 0 Å². The predicted molar refractivity (Wildman–Crippen MR) is 283 cm³/mol. The van der Waals surface area contributed by atoms with Crippen molar-refractivity contribution in [2.45, 2.75) is 328 Å². The van der Waals surface area contributed by atoms with E-state index in [1.807, 2.05) is 0 Å². The third kappa shape index (κ3) is 51.6. The van der Waals surface area contributed by atoms with Gasteiger partial charge >= 0.3 is 5.97 Å². The van der Waals surface area contributed by atoms with Crippen LogP contribution in [0.1, 0.15) is 316 Å².